The maximum Gasteiger partial charge on any atom is 0.319 e. The van der Waals surface area contributed by atoms with Gasteiger partial charge in [-0.3, -0.25) is 4.79 Å². The van der Waals surface area contributed by atoms with Crippen molar-refractivity contribution < 1.29 is 14.7 Å². The molecule has 0 saturated carbocycles. The number of hydrogen-bond acceptors (Lipinski definition) is 3. The summed E-state index contributed by atoms with van der Waals surface area (Å²) in [7, 11) is 3.83. The Kier molecular flexibility index (Phi) is 5.83. The van der Waals surface area contributed by atoms with Crippen molar-refractivity contribution >= 4 is 23.4 Å². The molecular formula is C14H21N3O3. The summed E-state index contributed by atoms with van der Waals surface area (Å²) >= 11 is 0. The molecule has 0 spiro atoms. The first kappa shape index (κ1) is 15.8. The number of nitrogens with one attached hydrogen (secondary N) is 2. The minimum atomic E-state index is -0.901. The Balaban J connectivity index is 2.54. The number of anilines is 2. The molecule has 0 aliphatic carbocycles. The van der Waals surface area contributed by atoms with Crippen LogP contribution in [0.3, 0.4) is 0 Å². The Morgan fingerprint density at radius 2 is 2.05 bits per heavy atom. The lowest BCUT2D eigenvalue weighted by Gasteiger charge is -2.15. The summed E-state index contributed by atoms with van der Waals surface area (Å²) in [5.74, 6) is -1.46. The van der Waals surface area contributed by atoms with Crippen LogP contribution in [0, 0.1) is 5.92 Å². The molecule has 110 valence electrons. The fourth-order valence-corrected chi connectivity index (χ4v) is 1.66. The zero-order chi connectivity index (χ0) is 15.1. The molecule has 20 heavy (non-hydrogen) atoms. The van der Waals surface area contributed by atoms with Crippen molar-refractivity contribution in [2.75, 3.05) is 30.9 Å². The zero-order valence-corrected chi connectivity index (χ0v) is 12.0. The van der Waals surface area contributed by atoms with Gasteiger partial charge in [0.25, 0.3) is 0 Å². The molecule has 0 aliphatic heterocycles. The van der Waals surface area contributed by atoms with Crippen LogP contribution in [0.1, 0.15) is 13.3 Å². The summed E-state index contributed by atoms with van der Waals surface area (Å²) in [5.41, 5.74) is 1.64. The highest BCUT2D eigenvalue weighted by Crippen LogP contribution is 2.17. The monoisotopic (exact) mass is 279 g/mol. The van der Waals surface area contributed by atoms with Gasteiger partial charge in [-0.05, 0) is 24.6 Å². The van der Waals surface area contributed by atoms with Crippen LogP contribution < -0.4 is 15.5 Å². The lowest BCUT2D eigenvalue weighted by Crippen LogP contribution is -2.35. The number of benzene rings is 1. The first-order valence-corrected chi connectivity index (χ1v) is 6.49. The van der Waals surface area contributed by atoms with Crippen molar-refractivity contribution in [1.29, 1.82) is 0 Å². The molecule has 0 aromatic heterocycles. The van der Waals surface area contributed by atoms with E-state index in [4.69, 9.17) is 5.11 Å². The molecule has 2 amide bonds. The van der Waals surface area contributed by atoms with Gasteiger partial charge in [0, 0.05) is 32.0 Å². The van der Waals surface area contributed by atoms with E-state index in [9.17, 15) is 9.59 Å². The Labute approximate surface area is 118 Å². The molecule has 1 atom stereocenters. The molecule has 0 radical (unpaired) electrons. The summed E-state index contributed by atoms with van der Waals surface area (Å²) in [6.45, 7) is 1.89. The largest absolute Gasteiger partial charge is 0.481 e. The maximum absolute atomic E-state index is 11.7. The summed E-state index contributed by atoms with van der Waals surface area (Å²) in [4.78, 5) is 24.5. The average molecular weight is 279 g/mol. The third kappa shape index (κ3) is 4.79. The van der Waals surface area contributed by atoms with Gasteiger partial charge in [-0.25, -0.2) is 4.79 Å². The molecule has 1 rings (SSSR count). The molecule has 6 nitrogen and oxygen atoms in total. The van der Waals surface area contributed by atoms with E-state index in [-0.39, 0.29) is 6.54 Å². The number of urea groups is 1. The number of carboxylic acid groups (broad SMARTS) is 1. The number of nitrogens with zero attached hydrogens (tertiary/aromatic N) is 1. The van der Waals surface area contributed by atoms with Crippen molar-refractivity contribution in [1.82, 2.24) is 5.32 Å². The Bertz CT molecular complexity index is 474. The third-order valence-corrected chi connectivity index (χ3v) is 2.97. The minimum absolute atomic E-state index is 0.116. The van der Waals surface area contributed by atoms with Crippen molar-refractivity contribution in [2.45, 2.75) is 13.3 Å². The van der Waals surface area contributed by atoms with E-state index in [0.29, 0.717) is 12.1 Å². The predicted molar refractivity (Wildman–Crippen MR) is 79.2 cm³/mol. The molecule has 0 aliphatic rings. The number of aliphatic carboxylic acids is 1. The molecule has 6 heteroatoms. The Hall–Kier alpha value is -2.24. The number of carbonyl (C=O) groups is 2. The summed E-state index contributed by atoms with van der Waals surface area (Å²) < 4.78 is 0. The topological polar surface area (TPSA) is 81.7 Å². The quantitative estimate of drug-likeness (QED) is 0.743. The number of amides is 2. The second-order valence-corrected chi connectivity index (χ2v) is 4.72. The minimum Gasteiger partial charge on any atom is -0.481 e. The Morgan fingerprint density at radius 1 is 1.35 bits per heavy atom. The number of carboxylic acids is 1. The van der Waals surface area contributed by atoms with E-state index >= 15 is 0 Å². The van der Waals surface area contributed by atoms with Gasteiger partial charge < -0.3 is 20.6 Å². The fourth-order valence-electron chi connectivity index (χ4n) is 1.66. The number of carbonyl (C=O) groups excluding carboxylic acids is 1. The number of hydrogen-bond donors (Lipinski definition) is 3. The highest BCUT2D eigenvalue weighted by atomic mass is 16.4. The van der Waals surface area contributed by atoms with E-state index in [1.54, 1.807) is 13.0 Å². The van der Waals surface area contributed by atoms with Gasteiger partial charge in [0.05, 0.1) is 5.92 Å². The molecule has 1 aromatic carbocycles. The van der Waals surface area contributed by atoms with Gasteiger partial charge in [0.2, 0.25) is 0 Å². The van der Waals surface area contributed by atoms with E-state index in [2.05, 4.69) is 10.6 Å². The SMILES string of the molecule is CCC(CNC(=O)Nc1cccc(N(C)C)c1)C(=O)O. The van der Waals surface area contributed by atoms with Crippen molar-refractivity contribution in [3.05, 3.63) is 24.3 Å². The molecule has 0 saturated heterocycles. The molecule has 0 bridgehead atoms. The summed E-state index contributed by atoms with van der Waals surface area (Å²) in [6.07, 6.45) is 0.478. The van der Waals surface area contributed by atoms with Crippen LogP contribution >= 0.6 is 0 Å². The smallest absolute Gasteiger partial charge is 0.319 e. The highest BCUT2D eigenvalue weighted by molar-refractivity contribution is 5.90. The summed E-state index contributed by atoms with van der Waals surface area (Å²) in [5, 5.41) is 14.1. The predicted octanol–water partition coefficient (Wildman–Crippen LogP) is 1.98. The molecule has 0 fully saturated rings. The summed E-state index contributed by atoms with van der Waals surface area (Å²) in [6, 6.07) is 6.99. The van der Waals surface area contributed by atoms with Crippen LogP contribution in [0.5, 0.6) is 0 Å². The van der Waals surface area contributed by atoms with Crippen molar-refractivity contribution in [2.24, 2.45) is 5.92 Å². The molecule has 3 N–H and O–H groups in total. The van der Waals surface area contributed by atoms with Crippen LogP contribution in [0.2, 0.25) is 0 Å². The van der Waals surface area contributed by atoms with E-state index < -0.39 is 17.9 Å². The maximum atomic E-state index is 11.7. The highest BCUT2D eigenvalue weighted by Gasteiger charge is 2.15. The first-order valence-electron chi connectivity index (χ1n) is 6.49. The van der Waals surface area contributed by atoms with Crippen molar-refractivity contribution in [3.63, 3.8) is 0 Å². The van der Waals surface area contributed by atoms with Crippen molar-refractivity contribution in [3.8, 4) is 0 Å². The third-order valence-electron chi connectivity index (χ3n) is 2.97. The van der Waals surface area contributed by atoms with Gasteiger partial charge in [-0.15, -0.1) is 0 Å². The number of rotatable bonds is 6. The molecule has 0 heterocycles. The van der Waals surface area contributed by atoms with Gasteiger partial charge in [0.15, 0.2) is 0 Å². The van der Waals surface area contributed by atoms with Gasteiger partial charge in [0.1, 0.15) is 0 Å². The molecule has 1 unspecified atom stereocenters. The lowest BCUT2D eigenvalue weighted by atomic mass is 10.1. The van der Waals surface area contributed by atoms with Gasteiger partial charge in [-0.2, -0.15) is 0 Å². The first-order chi connectivity index (χ1) is 9.43. The second kappa shape index (κ2) is 7.37. The van der Waals surface area contributed by atoms with Gasteiger partial charge in [-0.1, -0.05) is 13.0 Å². The average Bonchev–Trinajstić information content (AvgIpc) is 2.39. The van der Waals surface area contributed by atoms with E-state index in [1.165, 1.54) is 0 Å². The second-order valence-electron chi connectivity index (χ2n) is 4.72. The van der Waals surface area contributed by atoms with Gasteiger partial charge >= 0.3 is 12.0 Å². The molecule has 1 aromatic rings. The lowest BCUT2D eigenvalue weighted by molar-refractivity contribution is -0.141. The van der Waals surface area contributed by atoms with Crippen LogP contribution in [0.4, 0.5) is 16.2 Å². The Morgan fingerprint density at radius 3 is 2.60 bits per heavy atom. The van der Waals surface area contributed by atoms with Crippen LogP contribution in [-0.2, 0) is 4.79 Å². The van der Waals surface area contributed by atoms with Crippen LogP contribution in [0.25, 0.3) is 0 Å². The van der Waals surface area contributed by atoms with Crippen LogP contribution in [0.15, 0.2) is 24.3 Å². The molecular weight excluding hydrogens is 258 g/mol. The standard InChI is InChI=1S/C14H21N3O3/c1-4-10(13(18)19)9-15-14(20)16-11-6-5-7-12(8-11)17(2)3/h5-8,10H,4,9H2,1-3H3,(H,18,19)(H2,15,16,20). The van der Waals surface area contributed by atoms with E-state index in [1.807, 2.05) is 37.2 Å². The normalized spacial score (nSPS) is 11.6. The van der Waals surface area contributed by atoms with Crippen LogP contribution in [-0.4, -0.2) is 37.7 Å². The fraction of sp³-hybridized carbons (Fsp3) is 0.429. The van der Waals surface area contributed by atoms with E-state index in [0.717, 1.165) is 5.69 Å². The zero-order valence-electron chi connectivity index (χ0n) is 12.0.